The third kappa shape index (κ3) is 1170. The van der Waals surface area contributed by atoms with Crippen molar-refractivity contribution in [2.75, 3.05) is 0 Å². The molecule has 6 N–H and O–H groups in total. The molecular formula is H6N4NaO16P. The van der Waals surface area contributed by atoms with Crippen LogP contribution in [0, 0.1) is 45.7 Å². The van der Waals surface area contributed by atoms with Crippen molar-refractivity contribution in [1.82, 2.24) is 0 Å². The topological polar surface area (TPSA) is 334 Å². The Morgan fingerprint density at radius 3 is 0.636 bits per heavy atom. The quantitative estimate of drug-likeness (QED) is 0.1000. The molecule has 0 aliphatic carbocycles. The summed E-state index contributed by atoms with van der Waals surface area (Å²) in [5.41, 5.74) is 0. The van der Waals surface area contributed by atoms with Crippen LogP contribution >= 0.6 is 7.82 Å². The molecule has 0 fully saturated rings. The van der Waals surface area contributed by atoms with Crippen LogP contribution in [0.1, 0.15) is 0 Å². The van der Waals surface area contributed by atoms with Gasteiger partial charge in [0.05, 0.1) is 5.09 Å². The molecule has 0 atom stereocenters. The van der Waals surface area contributed by atoms with Gasteiger partial charge in [-0.25, -0.2) is 4.57 Å². The first-order valence-electron chi connectivity index (χ1n) is 3.03. The average Bonchev–Trinajstić information content (AvgIpc) is 1.91. The van der Waals surface area contributed by atoms with Crippen LogP contribution in [0.15, 0.2) is 0 Å². The average molecular weight is 372 g/mol. The maximum Gasteiger partial charge on any atom is 1.00 e. The minimum Gasteiger partial charge on any atom is -0.356 e. The first-order valence-corrected chi connectivity index (χ1v) is 4.59. The molecule has 0 saturated carbocycles. The Bertz CT molecular complexity index is 272. The molecular weight excluding hydrogens is 366 g/mol. The number of phosphoric acid groups is 1. The Hall–Kier alpha value is -2.09. The van der Waals surface area contributed by atoms with E-state index in [4.69, 9.17) is 80.5 Å². The van der Waals surface area contributed by atoms with Crippen LogP contribution in [-0.4, -0.2) is 50.6 Å². The Morgan fingerprint density at radius 2 is 0.636 bits per heavy atom. The summed E-state index contributed by atoms with van der Waals surface area (Å²) in [6.45, 7) is 0. The molecule has 0 unspecified atom stereocenters. The van der Waals surface area contributed by atoms with E-state index < -0.39 is 28.2 Å². The van der Waals surface area contributed by atoms with E-state index in [1.807, 2.05) is 0 Å². The molecule has 0 aliphatic rings. The van der Waals surface area contributed by atoms with Crippen LogP contribution in [0.5, 0.6) is 0 Å². The van der Waals surface area contributed by atoms with E-state index in [1.165, 1.54) is 0 Å². The van der Waals surface area contributed by atoms with Gasteiger partial charge in [0.2, 0.25) is 0 Å². The molecule has 0 aromatic rings. The zero-order valence-electron chi connectivity index (χ0n) is 10.0. The monoisotopic (exact) mass is 372 g/mol. The van der Waals surface area contributed by atoms with Crippen LogP contribution in [0.4, 0.5) is 0 Å². The molecule has 0 saturated heterocycles. The summed E-state index contributed by atoms with van der Waals surface area (Å²) in [6, 6.07) is 0. The van der Waals surface area contributed by atoms with Crippen LogP contribution in [-0.2, 0) is 4.57 Å². The van der Waals surface area contributed by atoms with Crippen molar-refractivity contribution in [2.24, 2.45) is 0 Å². The van der Waals surface area contributed by atoms with Gasteiger partial charge in [0.1, 0.15) is 0 Å². The van der Waals surface area contributed by atoms with Gasteiger partial charge in [-0.3, -0.25) is 0 Å². The summed E-state index contributed by atoms with van der Waals surface area (Å²) in [5.74, 6) is 0. The predicted molar refractivity (Wildman–Crippen MR) is 51.0 cm³/mol. The molecule has 0 aliphatic heterocycles. The van der Waals surface area contributed by atoms with Gasteiger partial charge in [0.25, 0.3) is 15.3 Å². The fourth-order valence-corrected chi connectivity index (χ4v) is 0. The van der Waals surface area contributed by atoms with Gasteiger partial charge < -0.3 is 45.6 Å². The minimum atomic E-state index is -4.64. The van der Waals surface area contributed by atoms with E-state index in [-0.39, 0.29) is 29.6 Å². The Kier molecular flexibility index (Phi) is 40.1. The molecule has 128 valence electrons. The second kappa shape index (κ2) is 24.0. The smallest absolute Gasteiger partial charge is 0.356 e. The Labute approximate surface area is 138 Å². The number of hydrogen-bond donors (Lipinski definition) is 6. The number of nitrogens with zero attached hydrogens (tertiary/aromatic N) is 4. The van der Waals surface area contributed by atoms with Gasteiger partial charge in [0.15, 0.2) is 0 Å². The van der Waals surface area contributed by atoms with Crippen LogP contribution in [0.2, 0.25) is 0 Å². The molecule has 0 aromatic carbocycles. The SMILES string of the molecule is O=P(O)(O)O.O=[N+]([O-])O.O=[N+]([O-])O.O=[N+]([O-])O.O=[N+]([O-])[O-].[Na+]. The zero-order chi connectivity index (χ0) is 18.8. The van der Waals surface area contributed by atoms with Gasteiger partial charge in [-0.05, 0) is 0 Å². The molecule has 0 rings (SSSR count). The molecule has 0 bridgehead atoms. The molecule has 20 nitrogen and oxygen atoms in total. The van der Waals surface area contributed by atoms with Crippen molar-refractivity contribution in [1.29, 1.82) is 0 Å². The van der Waals surface area contributed by atoms with E-state index in [9.17, 15) is 0 Å². The summed E-state index contributed by atoms with van der Waals surface area (Å²) in [6.07, 6.45) is 0. The molecule has 0 spiro atoms. The van der Waals surface area contributed by atoms with Crippen molar-refractivity contribution >= 4 is 7.82 Å². The third-order valence-corrected chi connectivity index (χ3v) is 0. The van der Waals surface area contributed by atoms with E-state index >= 15 is 0 Å². The van der Waals surface area contributed by atoms with Crippen molar-refractivity contribution in [2.45, 2.75) is 0 Å². The minimum absolute atomic E-state index is 0. The summed E-state index contributed by atoms with van der Waals surface area (Å²) >= 11 is 0. The predicted octanol–water partition coefficient (Wildman–Crippen LogP) is -5.21. The van der Waals surface area contributed by atoms with Crippen LogP contribution < -0.4 is 29.6 Å². The van der Waals surface area contributed by atoms with Crippen molar-refractivity contribution < 1.29 is 84.8 Å². The number of hydrogen-bond acceptors (Lipinski definition) is 10. The van der Waals surface area contributed by atoms with Crippen molar-refractivity contribution in [3.63, 3.8) is 0 Å². The van der Waals surface area contributed by atoms with Gasteiger partial charge >= 0.3 is 37.4 Å². The summed E-state index contributed by atoms with van der Waals surface area (Å²) in [4.78, 5) is 54.9. The zero-order valence-corrected chi connectivity index (χ0v) is 12.9. The van der Waals surface area contributed by atoms with E-state index in [0.29, 0.717) is 0 Å². The molecule has 22 heteroatoms. The fraction of sp³-hybridized carbons (Fsp3) is 0. The summed E-state index contributed by atoms with van der Waals surface area (Å²) in [5, 5.41) is 55.7. The second-order valence-electron chi connectivity index (χ2n) is 1.45. The van der Waals surface area contributed by atoms with E-state index in [2.05, 4.69) is 0 Å². The summed E-state index contributed by atoms with van der Waals surface area (Å²) < 4.78 is 8.88. The molecule has 0 heterocycles. The van der Waals surface area contributed by atoms with Crippen molar-refractivity contribution in [3.05, 3.63) is 45.7 Å². The third-order valence-electron chi connectivity index (χ3n) is 0. The summed E-state index contributed by atoms with van der Waals surface area (Å²) in [7, 11) is -4.64. The van der Waals surface area contributed by atoms with E-state index in [1.54, 1.807) is 0 Å². The fourth-order valence-electron chi connectivity index (χ4n) is 0. The van der Waals surface area contributed by atoms with Crippen LogP contribution in [0.25, 0.3) is 0 Å². The maximum absolute atomic E-state index is 8.88. The first kappa shape index (κ1) is 36.8. The molecule has 0 aromatic heterocycles. The standard InChI is InChI=1S/3HNO3.NO3.Na.H3O4P/c4*2-1(3)4;;1-5(2,3)4/h3*(H,2,3,4);;;(H3,1,2,3,4)/q;;;-1;+1;. The van der Waals surface area contributed by atoms with Crippen LogP contribution in [0.3, 0.4) is 0 Å². The molecule has 0 radical (unpaired) electrons. The largest absolute Gasteiger partial charge is 1.00 e. The molecule has 0 amide bonds. The van der Waals surface area contributed by atoms with Gasteiger partial charge in [-0.15, -0.1) is 30.3 Å². The maximum atomic E-state index is 8.88. The van der Waals surface area contributed by atoms with E-state index in [0.717, 1.165) is 0 Å². The number of rotatable bonds is 0. The molecule has 22 heavy (non-hydrogen) atoms. The van der Waals surface area contributed by atoms with Gasteiger partial charge in [0, 0.05) is 0 Å². The van der Waals surface area contributed by atoms with Crippen molar-refractivity contribution in [3.8, 4) is 0 Å². The second-order valence-corrected chi connectivity index (χ2v) is 2.48. The van der Waals surface area contributed by atoms with Gasteiger partial charge in [-0.2, -0.15) is 0 Å². The van der Waals surface area contributed by atoms with Gasteiger partial charge in [-0.1, -0.05) is 0 Å². The Balaban J connectivity index is -0.0000000361. The Morgan fingerprint density at radius 1 is 0.636 bits per heavy atom. The first-order chi connectivity index (χ1) is 8.93. The normalized spacial score (nSPS) is 7.05.